The molecule has 4 heavy (non-hydrogen) atoms. The molecule has 20 valence electrons. The van der Waals surface area contributed by atoms with E-state index >= 15 is 0 Å². The lowest BCUT2D eigenvalue weighted by molar-refractivity contribution is 0.686. The third kappa shape index (κ3) is 12.9. The van der Waals surface area contributed by atoms with E-state index in [9.17, 15) is 0 Å². The average molecular weight is 86.4 g/mol. The smallest absolute Gasteiger partial charge is 0 e. The number of hydrogen-bond donors (Lipinski definition) is 0. The highest BCUT2D eigenvalue weighted by Crippen LogP contribution is -0.119. The van der Waals surface area contributed by atoms with Gasteiger partial charge in [0.15, 0.2) is 0 Å². The largest absolute Gasteiger partial charge is 0.412 e. The predicted octanol–water partition coefficient (Wildman–Crippen LogP) is -1.71. The zero-order valence-electron chi connectivity index (χ0n) is 2.12. The first-order chi connectivity index (χ1) is 0. The average Bonchev–Trinajstić information content (AvgIpc) is 0. The molecule has 0 aromatic rings. The van der Waals surface area contributed by atoms with Crippen LogP contribution in [0.25, 0.3) is 0 Å². The molecule has 0 amide bonds. The minimum Gasteiger partial charge on any atom is -0.412 e. The van der Waals surface area contributed by atoms with E-state index < -0.39 is 0 Å². The van der Waals surface area contributed by atoms with Gasteiger partial charge in [0.2, 0.25) is 0 Å². The third-order valence-corrected chi connectivity index (χ3v) is 0. The molecule has 0 aliphatic rings. The van der Waals surface area contributed by atoms with Crippen LogP contribution in [0.3, 0.4) is 0 Å². The molecule has 0 saturated carbocycles. The first-order valence-electron chi connectivity index (χ1n) is 0. The second-order valence-electron chi connectivity index (χ2n) is 0. The molecular weight excluding hydrogens is 84.4 g/mol. The van der Waals surface area contributed by atoms with Gasteiger partial charge in [-0.05, 0) is 0 Å². The Bertz CT molecular complexity index is 6.00. The molecule has 8 radical (unpaired) electrons. The van der Waals surface area contributed by atoms with E-state index in [0.717, 1.165) is 0 Å². The lowest BCUT2D eigenvalue weighted by Gasteiger charge is -0.412. The molecule has 0 atom stereocenters. The minimum absolute atomic E-state index is 0. The van der Waals surface area contributed by atoms with Gasteiger partial charge in [-0.25, -0.2) is 0 Å². The van der Waals surface area contributed by atoms with Crippen LogP contribution in [-0.4, -0.2) is 39.5 Å². The second kappa shape index (κ2) is 40.3. The van der Waals surface area contributed by atoms with Crippen LogP contribution in [0, 0.1) is 0 Å². The van der Waals surface area contributed by atoms with Crippen molar-refractivity contribution in [1.82, 2.24) is 0 Å². The summed E-state index contributed by atoms with van der Waals surface area (Å²) < 4.78 is 0. The fourth-order valence-electron chi connectivity index (χ4n) is 0. The van der Waals surface area contributed by atoms with Crippen LogP contribution < -0.4 is 0 Å². The van der Waals surface area contributed by atoms with E-state index in [1.165, 1.54) is 0 Å². The zero-order valence-corrected chi connectivity index (χ0v) is 4.53. The van der Waals surface area contributed by atoms with Gasteiger partial charge in [0, 0.05) is 39.5 Å². The van der Waals surface area contributed by atoms with Crippen molar-refractivity contribution >= 4 is 34.0 Å². The maximum atomic E-state index is 0. The van der Waals surface area contributed by atoms with Crippen LogP contribution in [0.5, 0.6) is 0 Å². The third-order valence-electron chi connectivity index (χ3n) is 0. The summed E-state index contributed by atoms with van der Waals surface area (Å²) in [5, 5.41) is 0. The lowest BCUT2D eigenvalue weighted by atomic mass is 16.0. The SMILES string of the molecule is O.[Mg].[O].[Si]. The standard InChI is InChI=1S/Mg.H2O.O.Si/h;1H2;;. The molecule has 0 aliphatic heterocycles. The summed E-state index contributed by atoms with van der Waals surface area (Å²) in [6, 6.07) is 0. The van der Waals surface area contributed by atoms with Gasteiger partial charge in [-0.1, -0.05) is 0 Å². The van der Waals surface area contributed by atoms with Crippen molar-refractivity contribution < 1.29 is 11.0 Å². The molecule has 0 unspecified atom stereocenters. The topological polar surface area (TPSA) is 60.0 Å². The quantitative estimate of drug-likeness (QED) is 0.315. The highest BCUT2D eigenvalue weighted by molar-refractivity contribution is 5.76. The zero-order chi connectivity index (χ0) is 0. The van der Waals surface area contributed by atoms with Gasteiger partial charge in [-0.2, -0.15) is 0 Å². The molecule has 0 saturated heterocycles. The van der Waals surface area contributed by atoms with Crippen LogP contribution in [0.1, 0.15) is 0 Å². The van der Waals surface area contributed by atoms with Crippen LogP contribution in [0.15, 0.2) is 0 Å². The number of rotatable bonds is 0. The van der Waals surface area contributed by atoms with Crippen LogP contribution in [-0.2, 0) is 5.48 Å². The van der Waals surface area contributed by atoms with Crippen molar-refractivity contribution in [2.45, 2.75) is 0 Å². The highest BCUT2D eigenvalue weighted by Gasteiger charge is 0.00201. The molecule has 2 N–H and O–H groups in total. The summed E-state index contributed by atoms with van der Waals surface area (Å²) in [5.74, 6) is 0. The molecule has 0 aromatic carbocycles. The van der Waals surface area contributed by atoms with Gasteiger partial charge in [0.1, 0.15) is 0 Å². The molecule has 0 aromatic heterocycles. The van der Waals surface area contributed by atoms with Crippen molar-refractivity contribution in [3.05, 3.63) is 0 Å². The lowest BCUT2D eigenvalue weighted by Crippen LogP contribution is -0.382. The summed E-state index contributed by atoms with van der Waals surface area (Å²) in [7, 11) is 0. The second-order valence-corrected chi connectivity index (χ2v) is 0. The van der Waals surface area contributed by atoms with Crippen molar-refractivity contribution in [3.63, 3.8) is 0 Å². The summed E-state index contributed by atoms with van der Waals surface area (Å²) in [6.07, 6.45) is 0. The van der Waals surface area contributed by atoms with Gasteiger partial charge < -0.3 is 5.48 Å². The highest BCUT2D eigenvalue weighted by atomic mass is 28.1. The van der Waals surface area contributed by atoms with Gasteiger partial charge in [0.05, 0.1) is 0 Å². The van der Waals surface area contributed by atoms with Gasteiger partial charge in [-0.15, -0.1) is 0 Å². The molecule has 0 bridgehead atoms. The van der Waals surface area contributed by atoms with Crippen LogP contribution >= 0.6 is 0 Å². The van der Waals surface area contributed by atoms with Gasteiger partial charge in [-0.3, -0.25) is 0 Å². The normalized spacial score (nSPS) is 0. The maximum Gasteiger partial charge on any atom is 0 e. The molecule has 0 rings (SSSR count). The monoisotopic (exact) mass is 86.0 g/mol. The molecule has 0 heterocycles. The Balaban J connectivity index is 0. The minimum atomic E-state index is 0. The van der Waals surface area contributed by atoms with E-state index in [4.69, 9.17) is 0 Å². The fraction of sp³-hybridized carbons (Fsp3) is 0. The molecule has 4 heteroatoms. The van der Waals surface area contributed by atoms with E-state index in [1.54, 1.807) is 0 Å². The Hall–Kier alpha value is 0.903. The number of hydrogen-bond acceptors (Lipinski definition) is 0. The Kier molecular flexibility index (Phi) is 923. The maximum absolute atomic E-state index is 0. The van der Waals surface area contributed by atoms with Gasteiger partial charge in [0.25, 0.3) is 0 Å². The first-order valence-corrected chi connectivity index (χ1v) is 0. The predicted molar refractivity (Wildman–Crippen MR) is 15.8 cm³/mol. The Morgan fingerprint density at radius 1 is 1.00 bits per heavy atom. The first kappa shape index (κ1) is 91.6. The summed E-state index contributed by atoms with van der Waals surface area (Å²) in [6.45, 7) is 0. The summed E-state index contributed by atoms with van der Waals surface area (Å²) in [4.78, 5) is 0. The van der Waals surface area contributed by atoms with Crippen LogP contribution in [0.4, 0.5) is 0 Å². The molecular formula is H2MgO2Si. The van der Waals surface area contributed by atoms with Gasteiger partial charge >= 0.3 is 0 Å². The molecule has 2 nitrogen and oxygen atoms in total. The molecule has 0 spiro atoms. The Labute approximate surface area is 45.4 Å². The summed E-state index contributed by atoms with van der Waals surface area (Å²) >= 11 is 0. The molecule has 0 fully saturated rings. The van der Waals surface area contributed by atoms with Crippen molar-refractivity contribution in [3.8, 4) is 0 Å². The van der Waals surface area contributed by atoms with Crippen molar-refractivity contribution in [2.24, 2.45) is 0 Å². The summed E-state index contributed by atoms with van der Waals surface area (Å²) in [5.41, 5.74) is 0. The molecule has 0 aliphatic carbocycles. The van der Waals surface area contributed by atoms with E-state index in [1.807, 2.05) is 0 Å². The Morgan fingerprint density at radius 3 is 1.00 bits per heavy atom. The fourth-order valence-corrected chi connectivity index (χ4v) is 0. The van der Waals surface area contributed by atoms with Crippen molar-refractivity contribution in [1.29, 1.82) is 0 Å². The van der Waals surface area contributed by atoms with E-state index in [2.05, 4.69) is 0 Å². The van der Waals surface area contributed by atoms with E-state index in [0.29, 0.717) is 0 Å². The van der Waals surface area contributed by atoms with Crippen molar-refractivity contribution in [2.75, 3.05) is 0 Å². The van der Waals surface area contributed by atoms with E-state index in [-0.39, 0.29) is 45.0 Å². The Morgan fingerprint density at radius 2 is 1.00 bits per heavy atom. The van der Waals surface area contributed by atoms with Crippen LogP contribution in [0.2, 0.25) is 0 Å².